The van der Waals surface area contributed by atoms with Crippen molar-refractivity contribution in [1.29, 1.82) is 0 Å². The number of carboxylic acids is 1. The van der Waals surface area contributed by atoms with E-state index in [1.165, 1.54) is 38.3 Å². The molecule has 2 aromatic rings. The standard InChI is InChI=1S/C20H17NO6/c1-20(19(25)26,11-12-6-5-7-13(10-12)18(24)27-2)21-16(22)14-8-3-4-9-15(14)17(21)23/h3-10H,11H2,1-2H3,(H,25,26)/t20-/m0/s1. The number of benzene rings is 2. The van der Waals surface area contributed by atoms with Crippen LogP contribution in [0.3, 0.4) is 0 Å². The van der Waals surface area contributed by atoms with Crippen LogP contribution in [0.25, 0.3) is 0 Å². The Morgan fingerprint density at radius 3 is 2.15 bits per heavy atom. The molecule has 138 valence electrons. The number of carboxylic acid groups (broad SMARTS) is 1. The van der Waals surface area contributed by atoms with Crippen LogP contribution in [0.5, 0.6) is 0 Å². The molecule has 0 saturated carbocycles. The van der Waals surface area contributed by atoms with Gasteiger partial charge in [0.15, 0.2) is 0 Å². The van der Waals surface area contributed by atoms with Crippen LogP contribution < -0.4 is 0 Å². The molecule has 0 unspecified atom stereocenters. The molecule has 7 nitrogen and oxygen atoms in total. The van der Waals surface area contributed by atoms with Gasteiger partial charge in [-0.3, -0.25) is 14.5 Å². The molecular weight excluding hydrogens is 350 g/mol. The molecule has 0 bridgehead atoms. The quantitative estimate of drug-likeness (QED) is 0.642. The third-order valence-corrected chi connectivity index (χ3v) is 4.64. The van der Waals surface area contributed by atoms with E-state index < -0.39 is 29.3 Å². The number of hydrogen-bond donors (Lipinski definition) is 1. The summed E-state index contributed by atoms with van der Waals surface area (Å²) in [6.07, 6.45) is -0.154. The first kappa shape index (κ1) is 18.3. The van der Waals surface area contributed by atoms with Gasteiger partial charge in [-0.2, -0.15) is 0 Å². The maximum atomic E-state index is 12.7. The molecule has 27 heavy (non-hydrogen) atoms. The van der Waals surface area contributed by atoms with Crippen molar-refractivity contribution in [2.24, 2.45) is 0 Å². The van der Waals surface area contributed by atoms with Gasteiger partial charge in [0.1, 0.15) is 5.54 Å². The number of aliphatic carboxylic acids is 1. The molecule has 7 heteroatoms. The van der Waals surface area contributed by atoms with Gasteiger partial charge in [0, 0.05) is 6.42 Å². The van der Waals surface area contributed by atoms with Crippen LogP contribution in [0.2, 0.25) is 0 Å². The van der Waals surface area contributed by atoms with Crippen molar-refractivity contribution in [2.75, 3.05) is 7.11 Å². The summed E-state index contributed by atoms with van der Waals surface area (Å²) in [5, 5.41) is 9.86. The fourth-order valence-electron chi connectivity index (χ4n) is 3.21. The molecule has 1 aliphatic rings. The van der Waals surface area contributed by atoms with Gasteiger partial charge in [-0.25, -0.2) is 9.59 Å². The molecule has 0 aliphatic carbocycles. The lowest BCUT2D eigenvalue weighted by atomic mass is 9.90. The van der Waals surface area contributed by atoms with E-state index in [4.69, 9.17) is 0 Å². The third-order valence-electron chi connectivity index (χ3n) is 4.64. The van der Waals surface area contributed by atoms with Gasteiger partial charge in [0.25, 0.3) is 11.8 Å². The van der Waals surface area contributed by atoms with Crippen molar-refractivity contribution in [3.63, 3.8) is 0 Å². The summed E-state index contributed by atoms with van der Waals surface area (Å²) in [4.78, 5) is 50.1. The molecule has 0 aromatic heterocycles. The van der Waals surface area contributed by atoms with Crippen LogP contribution >= 0.6 is 0 Å². The van der Waals surface area contributed by atoms with E-state index in [-0.39, 0.29) is 23.1 Å². The number of imide groups is 1. The maximum absolute atomic E-state index is 12.7. The van der Waals surface area contributed by atoms with Crippen molar-refractivity contribution in [1.82, 2.24) is 4.90 Å². The highest BCUT2D eigenvalue weighted by Gasteiger charge is 2.50. The molecule has 2 amide bonds. The van der Waals surface area contributed by atoms with Crippen LogP contribution in [-0.4, -0.2) is 46.4 Å². The zero-order valence-corrected chi connectivity index (χ0v) is 14.8. The van der Waals surface area contributed by atoms with Gasteiger partial charge in [0.05, 0.1) is 23.8 Å². The fraction of sp³-hybridized carbons (Fsp3) is 0.200. The lowest BCUT2D eigenvalue weighted by Gasteiger charge is -2.33. The smallest absolute Gasteiger partial charge is 0.337 e. The Morgan fingerprint density at radius 2 is 1.63 bits per heavy atom. The highest BCUT2D eigenvalue weighted by molar-refractivity contribution is 6.23. The van der Waals surface area contributed by atoms with Gasteiger partial charge in [-0.15, -0.1) is 0 Å². The number of carbonyl (C=O) groups is 4. The number of methoxy groups -OCH3 is 1. The van der Waals surface area contributed by atoms with E-state index in [2.05, 4.69) is 4.74 Å². The zero-order valence-electron chi connectivity index (χ0n) is 14.8. The van der Waals surface area contributed by atoms with Gasteiger partial charge in [-0.05, 0) is 36.8 Å². The average molecular weight is 367 g/mol. The number of rotatable bonds is 5. The van der Waals surface area contributed by atoms with Crippen molar-refractivity contribution < 1.29 is 29.0 Å². The van der Waals surface area contributed by atoms with E-state index >= 15 is 0 Å². The molecule has 0 saturated heterocycles. The van der Waals surface area contributed by atoms with Gasteiger partial charge >= 0.3 is 11.9 Å². The van der Waals surface area contributed by atoms with E-state index in [1.807, 2.05) is 0 Å². The van der Waals surface area contributed by atoms with Crippen LogP contribution in [0.15, 0.2) is 48.5 Å². The summed E-state index contributed by atoms with van der Waals surface area (Å²) in [7, 11) is 1.25. The number of nitrogens with zero attached hydrogens (tertiary/aromatic N) is 1. The summed E-state index contributed by atoms with van der Waals surface area (Å²) < 4.78 is 4.67. The van der Waals surface area contributed by atoms with Crippen molar-refractivity contribution in [2.45, 2.75) is 18.9 Å². The first-order valence-electron chi connectivity index (χ1n) is 8.18. The number of esters is 1. The molecule has 1 aliphatic heterocycles. The largest absolute Gasteiger partial charge is 0.479 e. The molecule has 0 spiro atoms. The number of ether oxygens (including phenoxy) is 1. The first-order valence-corrected chi connectivity index (χ1v) is 8.18. The average Bonchev–Trinajstić information content (AvgIpc) is 2.92. The zero-order chi connectivity index (χ0) is 19.8. The van der Waals surface area contributed by atoms with Crippen molar-refractivity contribution >= 4 is 23.8 Å². The fourth-order valence-corrected chi connectivity index (χ4v) is 3.21. The minimum atomic E-state index is -1.82. The molecular formula is C20H17NO6. The Morgan fingerprint density at radius 1 is 1.04 bits per heavy atom. The topological polar surface area (TPSA) is 101 Å². The van der Waals surface area contributed by atoms with Crippen LogP contribution in [0.1, 0.15) is 43.6 Å². The second-order valence-electron chi connectivity index (χ2n) is 6.44. The molecule has 1 heterocycles. The number of amides is 2. The minimum absolute atomic E-state index is 0.154. The summed E-state index contributed by atoms with van der Waals surface area (Å²) >= 11 is 0. The van der Waals surface area contributed by atoms with Crippen LogP contribution in [0, 0.1) is 0 Å². The highest BCUT2D eigenvalue weighted by atomic mass is 16.5. The van der Waals surface area contributed by atoms with Gasteiger partial charge in [0.2, 0.25) is 0 Å². The lowest BCUT2D eigenvalue weighted by molar-refractivity contribution is -0.147. The van der Waals surface area contributed by atoms with Crippen molar-refractivity contribution in [3.05, 3.63) is 70.8 Å². The Balaban J connectivity index is 2.01. The van der Waals surface area contributed by atoms with Crippen LogP contribution in [0.4, 0.5) is 0 Å². The summed E-state index contributed by atoms with van der Waals surface area (Å²) in [6.45, 7) is 1.32. The molecule has 0 radical (unpaired) electrons. The van der Waals surface area contributed by atoms with E-state index in [0.717, 1.165) is 4.90 Å². The first-order chi connectivity index (χ1) is 12.8. The minimum Gasteiger partial charge on any atom is -0.479 e. The molecule has 0 fully saturated rings. The number of hydrogen-bond acceptors (Lipinski definition) is 5. The van der Waals surface area contributed by atoms with Crippen molar-refractivity contribution in [3.8, 4) is 0 Å². The molecule has 1 atom stereocenters. The van der Waals surface area contributed by atoms with Gasteiger partial charge < -0.3 is 9.84 Å². The Hall–Kier alpha value is -3.48. The normalized spacial score (nSPS) is 15.3. The third kappa shape index (κ3) is 2.97. The summed E-state index contributed by atoms with van der Waals surface area (Å²) in [5.74, 6) is -3.18. The monoisotopic (exact) mass is 367 g/mol. The summed E-state index contributed by atoms with van der Waals surface area (Å²) in [5.41, 5.74) is -0.719. The second kappa shape index (κ2) is 6.68. The second-order valence-corrected chi connectivity index (χ2v) is 6.44. The van der Waals surface area contributed by atoms with E-state index in [0.29, 0.717) is 5.56 Å². The number of fused-ring (bicyclic) bond motifs is 1. The molecule has 3 rings (SSSR count). The Kier molecular flexibility index (Phi) is 4.53. The highest BCUT2D eigenvalue weighted by Crippen LogP contribution is 2.32. The van der Waals surface area contributed by atoms with E-state index in [9.17, 15) is 24.3 Å². The molecule has 2 aromatic carbocycles. The number of carbonyl (C=O) groups excluding carboxylic acids is 3. The molecule has 1 N–H and O–H groups in total. The predicted octanol–water partition coefficient (Wildman–Crippen LogP) is 2.16. The maximum Gasteiger partial charge on any atom is 0.337 e. The Labute approximate surface area is 155 Å². The summed E-state index contributed by atoms with van der Waals surface area (Å²) in [6, 6.07) is 12.5. The van der Waals surface area contributed by atoms with Crippen LogP contribution in [-0.2, 0) is 16.0 Å². The van der Waals surface area contributed by atoms with E-state index in [1.54, 1.807) is 24.3 Å². The predicted molar refractivity (Wildman–Crippen MR) is 94.5 cm³/mol. The Bertz CT molecular complexity index is 931. The lowest BCUT2D eigenvalue weighted by Crippen LogP contribution is -2.56. The SMILES string of the molecule is COC(=O)c1cccc(C[C@@](C)(C(=O)O)N2C(=O)c3ccccc3C2=O)c1. The van der Waals surface area contributed by atoms with Gasteiger partial charge in [-0.1, -0.05) is 24.3 Å².